The van der Waals surface area contributed by atoms with E-state index in [-0.39, 0.29) is 0 Å². The van der Waals surface area contributed by atoms with E-state index < -0.39 is 5.97 Å². The van der Waals surface area contributed by atoms with Gasteiger partial charge in [0.1, 0.15) is 0 Å². The van der Waals surface area contributed by atoms with Gasteiger partial charge >= 0.3 is 5.97 Å². The van der Waals surface area contributed by atoms with Crippen molar-refractivity contribution in [3.63, 3.8) is 0 Å². The number of carboxylic acids is 1. The van der Waals surface area contributed by atoms with E-state index in [1.54, 1.807) is 13.2 Å². The predicted molar refractivity (Wildman–Crippen MR) is 62.4 cm³/mol. The summed E-state index contributed by atoms with van der Waals surface area (Å²) in [4.78, 5) is 10.7. The van der Waals surface area contributed by atoms with Crippen LogP contribution in [0.25, 0.3) is 0 Å². The van der Waals surface area contributed by atoms with Crippen molar-refractivity contribution in [1.29, 1.82) is 0 Å². The molecule has 0 bridgehead atoms. The molecule has 92 valence electrons. The summed E-state index contributed by atoms with van der Waals surface area (Å²) in [6.07, 6.45) is 5.94. The van der Waals surface area contributed by atoms with Crippen LogP contribution in [0, 0.1) is 0 Å². The Morgan fingerprint density at radius 1 is 1.56 bits per heavy atom. The molecule has 0 aliphatic heterocycles. The monoisotopic (exact) mass is 227 g/mol. The van der Waals surface area contributed by atoms with Crippen molar-refractivity contribution in [2.24, 2.45) is 0 Å². The largest absolute Gasteiger partial charge is 0.478 e. The standard InChI is InChI=1S/C12H21NO3/c1-3-9(12(14)15)6-7-13-10-4-5-11(8-10)16-2/h6,10-11,13H,3-5,7-8H2,1-2H3,(H,14,15). The van der Waals surface area contributed by atoms with Gasteiger partial charge in [-0.25, -0.2) is 4.79 Å². The first-order valence-electron chi connectivity index (χ1n) is 5.85. The van der Waals surface area contributed by atoms with Crippen LogP contribution in [0.3, 0.4) is 0 Å². The molecular formula is C12H21NO3. The van der Waals surface area contributed by atoms with Crippen molar-refractivity contribution in [1.82, 2.24) is 5.32 Å². The smallest absolute Gasteiger partial charge is 0.331 e. The fourth-order valence-corrected chi connectivity index (χ4v) is 2.07. The minimum atomic E-state index is -0.814. The first-order valence-corrected chi connectivity index (χ1v) is 5.85. The second kappa shape index (κ2) is 6.66. The minimum Gasteiger partial charge on any atom is -0.478 e. The average Bonchev–Trinajstić information content (AvgIpc) is 2.71. The summed E-state index contributed by atoms with van der Waals surface area (Å²) in [6, 6.07) is 0.466. The van der Waals surface area contributed by atoms with Crippen LogP contribution in [0.5, 0.6) is 0 Å². The molecule has 0 spiro atoms. The maximum absolute atomic E-state index is 10.7. The lowest BCUT2D eigenvalue weighted by Crippen LogP contribution is -2.27. The molecule has 1 aliphatic rings. The summed E-state index contributed by atoms with van der Waals surface area (Å²) in [5, 5.41) is 12.2. The van der Waals surface area contributed by atoms with Crippen LogP contribution in [0.15, 0.2) is 11.6 Å². The summed E-state index contributed by atoms with van der Waals surface area (Å²) < 4.78 is 5.28. The topological polar surface area (TPSA) is 58.6 Å². The molecule has 0 amide bonds. The number of carbonyl (C=O) groups is 1. The SMILES string of the molecule is CCC(=CCNC1CCC(OC)C1)C(=O)O. The fraction of sp³-hybridized carbons (Fsp3) is 0.750. The van der Waals surface area contributed by atoms with Gasteiger partial charge in [-0.2, -0.15) is 0 Å². The van der Waals surface area contributed by atoms with Gasteiger partial charge in [0.05, 0.1) is 6.10 Å². The van der Waals surface area contributed by atoms with E-state index >= 15 is 0 Å². The summed E-state index contributed by atoms with van der Waals surface area (Å²) in [7, 11) is 1.74. The Balaban J connectivity index is 2.27. The van der Waals surface area contributed by atoms with Crippen molar-refractivity contribution >= 4 is 5.97 Å². The molecule has 1 fully saturated rings. The Kier molecular flexibility index (Phi) is 5.49. The van der Waals surface area contributed by atoms with Crippen LogP contribution in [0.2, 0.25) is 0 Å². The highest BCUT2D eigenvalue weighted by Gasteiger charge is 2.23. The maximum atomic E-state index is 10.7. The van der Waals surface area contributed by atoms with Gasteiger partial charge in [-0.3, -0.25) is 0 Å². The van der Waals surface area contributed by atoms with E-state index in [1.165, 1.54) is 0 Å². The highest BCUT2D eigenvalue weighted by molar-refractivity contribution is 5.86. The Hall–Kier alpha value is -0.870. The maximum Gasteiger partial charge on any atom is 0.331 e. The molecule has 1 saturated carbocycles. The van der Waals surface area contributed by atoms with Gasteiger partial charge in [0.25, 0.3) is 0 Å². The van der Waals surface area contributed by atoms with Crippen molar-refractivity contribution < 1.29 is 14.6 Å². The van der Waals surface area contributed by atoms with Gasteiger partial charge in [-0.15, -0.1) is 0 Å². The van der Waals surface area contributed by atoms with Crippen LogP contribution in [-0.4, -0.2) is 36.9 Å². The van der Waals surface area contributed by atoms with E-state index in [0.29, 0.717) is 30.7 Å². The molecule has 1 rings (SSSR count). The lowest BCUT2D eigenvalue weighted by atomic mass is 10.2. The quantitative estimate of drug-likeness (QED) is 0.676. The molecule has 2 unspecified atom stereocenters. The molecule has 4 nitrogen and oxygen atoms in total. The zero-order valence-electron chi connectivity index (χ0n) is 10.0. The third-order valence-electron chi connectivity index (χ3n) is 3.13. The van der Waals surface area contributed by atoms with Gasteiger partial charge in [-0.1, -0.05) is 13.0 Å². The predicted octanol–water partition coefficient (Wildman–Crippen LogP) is 1.56. The molecule has 2 N–H and O–H groups in total. The number of carboxylic acid groups (broad SMARTS) is 1. The zero-order chi connectivity index (χ0) is 12.0. The van der Waals surface area contributed by atoms with Gasteiger partial charge in [-0.05, 0) is 25.7 Å². The van der Waals surface area contributed by atoms with Crippen molar-refractivity contribution in [2.45, 2.75) is 44.8 Å². The number of ether oxygens (including phenoxy) is 1. The van der Waals surface area contributed by atoms with Crippen molar-refractivity contribution in [3.05, 3.63) is 11.6 Å². The Morgan fingerprint density at radius 3 is 2.81 bits per heavy atom. The molecule has 0 aromatic carbocycles. The summed E-state index contributed by atoms with van der Waals surface area (Å²) >= 11 is 0. The molecule has 0 radical (unpaired) electrons. The van der Waals surface area contributed by atoms with Gasteiger partial charge in [0.2, 0.25) is 0 Å². The van der Waals surface area contributed by atoms with Crippen LogP contribution < -0.4 is 5.32 Å². The third-order valence-corrected chi connectivity index (χ3v) is 3.13. The first kappa shape index (κ1) is 13.2. The van der Waals surface area contributed by atoms with Crippen LogP contribution in [-0.2, 0) is 9.53 Å². The van der Waals surface area contributed by atoms with Crippen LogP contribution in [0.1, 0.15) is 32.6 Å². The first-order chi connectivity index (χ1) is 7.67. The molecule has 0 aromatic heterocycles. The normalized spacial score (nSPS) is 26.0. The lowest BCUT2D eigenvalue weighted by Gasteiger charge is -2.11. The van der Waals surface area contributed by atoms with Crippen LogP contribution in [0.4, 0.5) is 0 Å². The summed E-state index contributed by atoms with van der Waals surface area (Å²) in [6.45, 7) is 2.49. The van der Waals surface area contributed by atoms with E-state index in [9.17, 15) is 4.79 Å². The molecule has 16 heavy (non-hydrogen) atoms. The van der Waals surface area contributed by atoms with E-state index in [4.69, 9.17) is 9.84 Å². The highest BCUT2D eigenvalue weighted by atomic mass is 16.5. The van der Waals surface area contributed by atoms with Gasteiger partial charge in [0, 0.05) is 25.3 Å². The second-order valence-corrected chi connectivity index (χ2v) is 4.16. The number of hydrogen-bond acceptors (Lipinski definition) is 3. The molecule has 2 atom stereocenters. The van der Waals surface area contributed by atoms with Crippen LogP contribution >= 0.6 is 0 Å². The molecular weight excluding hydrogens is 206 g/mol. The Bertz CT molecular complexity index is 263. The number of nitrogens with one attached hydrogen (secondary N) is 1. The van der Waals surface area contributed by atoms with Gasteiger partial charge < -0.3 is 15.2 Å². The highest BCUT2D eigenvalue weighted by Crippen LogP contribution is 2.21. The fourth-order valence-electron chi connectivity index (χ4n) is 2.07. The van der Waals surface area contributed by atoms with E-state index in [1.807, 2.05) is 6.92 Å². The average molecular weight is 227 g/mol. The molecule has 1 aliphatic carbocycles. The summed E-state index contributed by atoms with van der Waals surface area (Å²) in [5.41, 5.74) is 0.480. The van der Waals surface area contributed by atoms with E-state index in [0.717, 1.165) is 19.3 Å². The number of aliphatic carboxylic acids is 1. The minimum absolute atomic E-state index is 0.367. The van der Waals surface area contributed by atoms with E-state index in [2.05, 4.69) is 5.32 Å². The van der Waals surface area contributed by atoms with Crippen molar-refractivity contribution in [3.8, 4) is 0 Å². The third kappa shape index (κ3) is 3.94. The molecule has 0 aromatic rings. The number of methoxy groups -OCH3 is 1. The number of rotatable bonds is 6. The van der Waals surface area contributed by atoms with Crippen molar-refractivity contribution in [2.75, 3.05) is 13.7 Å². The van der Waals surface area contributed by atoms with Gasteiger partial charge in [0.15, 0.2) is 0 Å². The summed E-state index contributed by atoms with van der Waals surface area (Å²) in [5.74, 6) is -0.814. The lowest BCUT2D eigenvalue weighted by molar-refractivity contribution is -0.132. The molecule has 0 heterocycles. The molecule has 0 saturated heterocycles. The second-order valence-electron chi connectivity index (χ2n) is 4.16. The zero-order valence-corrected chi connectivity index (χ0v) is 10.0. The Labute approximate surface area is 96.7 Å². The Morgan fingerprint density at radius 2 is 2.31 bits per heavy atom. The molecule has 4 heteroatoms. The number of hydrogen-bond donors (Lipinski definition) is 2.